The Bertz CT molecular complexity index is 328. The Labute approximate surface area is 106 Å². The average Bonchev–Trinajstić information content (AvgIpc) is 2.80. The van der Waals surface area contributed by atoms with E-state index in [9.17, 15) is 0 Å². The van der Waals surface area contributed by atoms with Crippen LogP contribution in [0.2, 0.25) is 0 Å². The summed E-state index contributed by atoms with van der Waals surface area (Å²) in [4.78, 5) is 0. The molecule has 0 heterocycles. The third kappa shape index (κ3) is 3.49. The zero-order valence-electron chi connectivity index (χ0n) is 11.2. The molecule has 1 aromatic carbocycles. The van der Waals surface area contributed by atoms with Gasteiger partial charge in [0.25, 0.3) is 0 Å². The molecule has 0 amide bonds. The summed E-state index contributed by atoms with van der Waals surface area (Å²) in [6.07, 6.45) is 7.87. The topological polar surface area (TPSA) is 12.0 Å². The monoisotopic (exact) mass is 231 g/mol. The number of hydrogen-bond acceptors (Lipinski definition) is 1. The first-order valence-corrected chi connectivity index (χ1v) is 7.17. The lowest BCUT2D eigenvalue weighted by Crippen LogP contribution is -2.15. The van der Waals surface area contributed by atoms with Crippen LogP contribution in [0.4, 0.5) is 5.69 Å². The first kappa shape index (κ1) is 12.5. The predicted octanol–water partition coefficient (Wildman–Crippen LogP) is 4.63. The SMILES string of the molecule is CCCc1ccc(NC2CCC(CC)C2)cc1. The second kappa shape index (κ2) is 6.09. The van der Waals surface area contributed by atoms with E-state index in [4.69, 9.17) is 0 Å². The van der Waals surface area contributed by atoms with Crippen molar-refractivity contribution >= 4 is 5.69 Å². The summed E-state index contributed by atoms with van der Waals surface area (Å²) < 4.78 is 0. The summed E-state index contributed by atoms with van der Waals surface area (Å²) in [5, 5.41) is 3.67. The molecular weight excluding hydrogens is 206 g/mol. The Balaban J connectivity index is 1.86. The highest BCUT2D eigenvalue weighted by molar-refractivity contribution is 5.45. The van der Waals surface area contributed by atoms with Gasteiger partial charge in [0.15, 0.2) is 0 Å². The van der Waals surface area contributed by atoms with E-state index in [1.54, 1.807) is 0 Å². The molecule has 17 heavy (non-hydrogen) atoms. The molecule has 1 aliphatic carbocycles. The quantitative estimate of drug-likeness (QED) is 0.779. The summed E-state index contributed by atoms with van der Waals surface area (Å²) in [7, 11) is 0. The molecule has 1 nitrogen and oxygen atoms in total. The zero-order valence-corrected chi connectivity index (χ0v) is 11.2. The van der Waals surface area contributed by atoms with Crippen molar-refractivity contribution in [3.8, 4) is 0 Å². The van der Waals surface area contributed by atoms with Crippen molar-refractivity contribution in [1.29, 1.82) is 0 Å². The molecule has 1 heteroatoms. The van der Waals surface area contributed by atoms with Gasteiger partial charge in [0.05, 0.1) is 0 Å². The van der Waals surface area contributed by atoms with Crippen LogP contribution in [-0.4, -0.2) is 6.04 Å². The van der Waals surface area contributed by atoms with Crippen LogP contribution in [0.5, 0.6) is 0 Å². The lowest BCUT2D eigenvalue weighted by molar-refractivity contribution is 0.525. The van der Waals surface area contributed by atoms with Crippen LogP contribution >= 0.6 is 0 Å². The molecule has 0 aromatic heterocycles. The number of rotatable bonds is 5. The molecule has 1 aromatic rings. The number of hydrogen-bond donors (Lipinski definition) is 1. The second-order valence-corrected chi connectivity index (χ2v) is 5.38. The molecule has 1 fully saturated rings. The van der Waals surface area contributed by atoms with Gasteiger partial charge < -0.3 is 5.32 Å². The van der Waals surface area contributed by atoms with Gasteiger partial charge in [-0.1, -0.05) is 38.8 Å². The molecule has 0 aliphatic heterocycles. The van der Waals surface area contributed by atoms with Gasteiger partial charge in [0.2, 0.25) is 0 Å². The Kier molecular flexibility index (Phi) is 4.47. The van der Waals surface area contributed by atoms with E-state index < -0.39 is 0 Å². The number of anilines is 1. The first-order chi connectivity index (χ1) is 8.31. The summed E-state index contributed by atoms with van der Waals surface area (Å²) >= 11 is 0. The minimum Gasteiger partial charge on any atom is -0.382 e. The summed E-state index contributed by atoms with van der Waals surface area (Å²) in [6.45, 7) is 4.54. The Morgan fingerprint density at radius 1 is 1.12 bits per heavy atom. The van der Waals surface area contributed by atoms with E-state index in [1.807, 2.05) is 0 Å². The smallest absolute Gasteiger partial charge is 0.0342 e. The van der Waals surface area contributed by atoms with Crippen molar-refractivity contribution in [3.63, 3.8) is 0 Å². The maximum absolute atomic E-state index is 3.67. The summed E-state index contributed by atoms with van der Waals surface area (Å²) in [6, 6.07) is 9.71. The molecule has 1 aliphatic rings. The van der Waals surface area contributed by atoms with E-state index in [1.165, 1.54) is 49.8 Å². The zero-order chi connectivity index (χ0) is 12.1. The van der Waals surface area contributed by atoms with E-state index >= 15 is 0 Å². The Hall–Kier alpha value is -0.980. The second-order valence-electron chi connectivity index (χ2n) is 5.38. The molecule has 2 atom stereocenters. The third-order valence-corrected chi connectivity index (χ3v) is 3.98. The van der Waals surface area contributed by atoms with Gasteiger partial charge in [0.1, 0.15) is 0 Å². The van der Waals surface area contributed by atoms with Crippen molar-refractivity contribution in [2.24, 2.45) is 5.92 Å². The lowest BCUT2D eigenvalue weighted by Gasteiger charge is -2.14. The fourth-order valence-corrected chi connectivity index (χ4v) is 2.87. The average molecular weight is 231 g/mol. The summed E-state index contributed by atoms with van der Waals surface area (Å²) in [5.74, 6) is 0.951. The fraction of sp³-hybridized carbons (Fsp3) is 0.625. The van der Waals surface area contributed by atoms with Gasteiger partial charge in [-0.05, 0) is 49.3 Å². The lowest BCUT2D eigenvalue weighted by atomic mass is 10.1. The number of nitrogens with one attached hydrogen (secondary N) is 1. The van der Waals surface area contributed by atoms with Crippen LogP contribution in [0.15, 0.2) is 24.3 Å². The predicted molar refractivity (Wildman–Crippen MR) is 75.5 cm³/mol. The molecule has 94 valence electrons. The summed E-state index contributed by atoms with van der Waals surface area (Å²) in [5.41, 5.74) is 2.75. The maximum Gasteiger partial charge on any atom is 0.0342 e. The van der Waals surface area contributed by atoms with Gasteiger partial charge in [-0.3, -0.25) is 0 Å². The van der Waals surface area contributed by atoms with Crippen LogP contribution in [0.1, 0.15) is 51.5 Å². The van der Waals surface area contributed by atoms with Crippen molar-refractivity contribution in [3.05, 3.63) is 29.8 Å². The highest BCUT2D eigenvalue weighted by atomic mass is 14.9. The molecular formula is C16H25N. The van der Waals surface area contributed by atoms with E-state index in [0.717, 1.165) is 5.92 Å². The number of aryl methyl sites for hydroxylation is 1. The van der Waals surface area contributed by atoms with E-state index in [0.29, 0.717) is 6.04 Å². The highest BCUT2D eigenvalue weighted by Gasteiger charge is 2.22. The molecule has 0 radical (unpaired) electrons. The number of benzene rings is 1. The highest BCUT2D eigenvalue weighted by Crippen LogP contribution is 2.30. The fourth-order valence-electron chi connectivity index (χ4n) is 2.87. The third-order valence-electron chi connectivity index (χ3n) is 3.98. The van der Waals surface area contributed by atoms with Crippen LogP contribution in [-0.2, 0) is 6.42 Å². The van der Waals surface area contributed by atoms with Gasteiger partial charge in [0, 0.05) is 11.7 Å². The Morgan fingerprint density at radius 2 is 1.88 bits per heavy atom. The van der Waals surface area contributed by atoms with Crippen molar-refractivity contribution in [2.75, 3.05) is 5.32 Å². The van der Waals surface area contributed by atoms with Crippen molar-refractivity contribution in [1.82, 2.24) is 0 Å². The molecule has 1 saturated carbocycles. The minimum absolute atomic E-state index is 0.706. The van der Waals surface area contributed by atoms with Crippen LogP contribution in [0.3, 0.4) is 0 Å². The van der Waals surface area contributed by atoms with Gasteiger partial charge in [-0.25, -0.2) is 0 Å². The van der Waals surface area contributed by atoms with Crippen molar-refractivity contribution in [2.45, 2.75) is 58.4 Å². The normalized spacial score (nSPS) is 23.9. The Morgan fingerprint density at radius 3 is 2.47 bits per heavy atom. The van der Waals surface area contributed by atoms with Crippen molar-refractivity contribution < 1.29 is 0 Å². The molecule has 2 unspecified atom stereocenters. The van der Waals surface area contributed by atoms with Gasteiger partial charge in [-0.2, -0.15) is 0 Å². The molecule has 2 rings (SSSR count). The molecule has 0 bridgehead atoms. The largest absolute Gasteiger partial charge is 0.382 e. The minimum atomic E-state index is 0.706. The molecule has 0 spiro atoms. The molecule has 1 N–H and O–H groups in total. The maximum atomic E-state index is 3.67. The van der Waals surface area contributed by atoms with Gasteiger partial charge >= 0.3 is 0 Å². The van der Waals surface area contributed by atoms with Crippen LogP contribution in [0.25, 0.3) is 0 Å². The van der Waals surface area contributed by atoms with Gasteiger partial charge in [-0.15, -0.1) is 0 Å². The van der Waals surface area contributed by atoms with E-state index in [-0.39, 0.29) is 0 Å². The standard InChI is InChI=1S/C16H25N/c1-3-5-14-7-9-15(10-8-14)17-16-11-6-13(4-2)12-16/h7-10,13,16-17H,3-6,11-12H2,1-2H3. The van der Waals surface area contributed by atoms with Crippen LogP contribution in [0, 0.1) is 5.92 Å². The van der Waals surface area contributed by atoms with Crippen LogP contribution < -0.4 is 5.32 Å². The first-order valence-electron chi connectivity index (χ1n) is 7.17. The molecule has 0 saturated heterocycles. The van der Waals surface area contributed by atoms with E-state index in [2.05, 4.69) is 43.4 Å².